The third-order valence-corrected chi connectivity index (χ3v) is 7.52. The summed E-state index contributed by atoms with van der Waals surface area (Å²) in [6, 6.07) is 22.0. The predicted molar refractivity (Wildman–Crippen MR) is 151 cm³/mol. The maximum Gasteiger partial charge on any atom is 0.270 e. The normalized spacial score (nSPS) is 15.3. The van der Waals surface area contributed by atoms with E-state index in [9.17, 15) is 14.7 Å². The lowest BCUT2D eigenvalue weighted by atomic mass is 9.84. The molecule has 0 radical (unpaired) electrons. The Labute approximate surface area is 229 Å². The number of aromatic amines is 1. The Balaban J connectivity index is 1.43. The highest BCUT2D eigenvalue weighted by atomic mass is 79.9. The maximum absolute atomic E-state index is 13.8. The van der Waals surface area contributed by atoms with E-state index >= 15 is 0 Å². The molecule has 1 aliphatic heterocycles. The van der Waals surface area contributed by atoms with Crippen molar-refractivity contribution in [2.45, 2.75) is 18.4 Å². The summed E-state index contributed by atoms with van der Waals surface area (Å²) < 4.78 is 6.31. The number of fused-ring (bicyclic) bond motifs is 1. The monoisotopic (exact) mass is 573 g/mol. The number of hydrogen-bond donors (Lipinski definition) is 3. The third-order valence-electron chi connectivity index (χ3n) is 6.99. The van der Waals surface area contributed by atoms with Gasteiger partial charge in [0.15, 0.2) is 0 Å². The largest absolute Gasteiger partial charge is 0.497 e. The van der Waals surface area contributed by atoms with Gasteiger partial charge in [-0.05, 0) is 66.9 Å². The van der Waals surface area contributed by atoms with Gasteiger partial charge in [-0.2, -0.15) is 0 Å². The summed E-state index contributed by atoms with van der Waals surface area (Å²) in [7, 11) is 1.60. The van der Waals surface area contributed by atoms with Gasteiger partial charge in [-0.25, -0.2) is 0 Å². The first-order valence-electron chi connectivity index (χ1n) is 12.4. The molecule has 0 aliphatic carbocycles. The van der Waals surface area contributed by atoms with Gasteiger partial charge in [0.05, 0.1) is 12.7 Å². The van der Waals surface area contributed by atoms with Crippen LogP contribution in [0.25, 0.3) is 17.0 Å². The van der Waals surface area contributed by atoms with Crippen LogP contribution in [-0.4, -0.2) is 47.0 Å². The average Bonchev–Trinajstić information content (AvgIpc) is 3.35. The highest BCUT2D eigenvalue weighted by Gasteiger charge is 2.36. The summed E-state index contributed by atoms with van der Waals surface area (Å²) in [6.07, 6.45) is 4.28. The summed E-state index contributed by atoms with van der Waals surface area (Å²) >= 11 is 3.43. The van der Waals surface area contributed by atoms with Crippen LogP contribution in [0.5, 0.6) is 5.75 Å². The number of aliphatic hydroxyl groups is 1. The number of methoxy groups -OCH3 is 1. The Morgan fingerprint density at radius 2 is 1.76 bits per heavy atom. The smallest absolute Gasteiger partial charge is 0.270 e. The highest BCUT2D eigenvalue weighted by Crippen LogP contribution is 2.34. The van der Waals surface area contributed by atoms with Crippen molar-refractivity contribution < 1.29 is 19.4 Å². The fraction of sp³-hybridized carbons (Fsp3) is 0.200. The molecule has 1 aromatic heterocycles. The van der Waals surface area contributed by atoms with E-state index in [1.807, 2.05) is 48.5 Å². The van der Waals surface area contributed by atoms with Gasteiger partial charge in [-0.1, -0.05) is 46.3 Å². The van der Waals surface area contributed by atoms with Gasteiger partial charge in [-0.15, -0.1) is 0 Å². The molecule has 0 unspecified atom stereocenters. The van der Waals surface area contributed by atoms with Gasteiger partial charge >= 0.3 is 0 Å². The Morgan fingerprint density at radius 3 is 2.45 bits per heavy atom. The van der Waals surface area contributed by atoms with Crippen LogP contribution in [0.3, 0.4) is 0 Å². The summed E-state index contributed by atoms with van der Waals surface area (Å²) in [5.74, 6) is 0.0200. The third kappa shape index (κ3) is 5.37. The van der Waals surface area contributed by atoms with E-state index in [0.29, 0.717) is 37.2 Å². The number of halogens is 1. The molecule has 5 rings (SSSR count). The van der Waals surface area contributed by atoms with E-state index in [1.54, 1.807) is 48.5 Å². The average molecular weight is 574 g/mol. The molecular formula is C30H28BrN3O4. The van der Waals surface area contributed by atoms with Crippen LogP contribution in [0.4, 0.5) is 0 Å². The first-order chi connectivity index (χ1) is 18.4. The molecule has 0 atom stereocenters. The van der Waals surface area contributed by atoms with Crippen molar-refractivity contribution in [3.8, 4) is 5.75 Å². The molecule has 1 aliphatic rings. The van der Waals surface area contributed by atoms with Gasteiger partial charge in [0.1, 0.15) is 11.4 Å². The predicted octanol–water partition coefficient (Wildman–Crippen LogP) is 5.22. The molecule has 1 saturated heterocycles. The number of piperidine rings is 1. The van der Waals surface area contributed by atoms with Gasteiger partial charge in [0.25, 0.3) is 11.8 Å². The minimum Gasteiger partial charge on any atom is -0.497 e. The lowest BCUT2D eigenvalue weighted by molar-refractivity contribution is -0.131. The van der Waals surface area contributed by atoms with Crippen molar-refractivity contribution in [3.63, 3.8) is 0 Å². The second kappa shape index (κ2) is 10.8. The number of carbonyl (C=O) groups is 2. The molecule has 3 aromatic carbocycles. The number of likely N-dealkylation sites (tertiary alicyclic amines) is 1. The van der Waals surface area contributed by atoms with Crippen LogP contribution in [0.1, 0.15) is 34.3 Å². The number of H-pyrrole nitrogens is 1. The van der Waals surface area contributed by atoms with E-state index in [2.05, 4.69) is 26.2 Å². The number of ether oxygens (including phenoxy) is 1. The second-order valence-corrected chi connectivity index (χ2v) is 10.3. The molecule has 0 bridgehead atoms. The van der Waals surface area contributed by atoms with Crippen molar-refractivity contribution in [2.75, 3.05) is 20.2 Å². The molecule has 38 heavy (non-hydrogen) atoms. The van der Waals surface area contributed by atoms with Crippen LogP contribution >= 0.6 is 15.9 Å². The quantitative estimate of drug-likeness (QED) is 0.276. The van der Waals surface area contributed by atoms with E-state index in [0.717, 1.165) is 26.5 Å². The van der Waals surface area contributed by atoms with E-state index in [1.165, 1.54) is 0 Å². The van der Waals surface area contributed by atoms with Crippen molar-refractivity contribution >= 4 is 44.7 Å². The van der Waals surface area contributed by atoms with Crippen molar-refractivity contribution in [1.82, 2.24) is 15.2 Å². The molecule has 2 amide bonds. The Morgan fingerprint density at radius 1 is 1.05 bits per heavy atom. The fourth-order valence-electron chi connectivity index (χ4n) is 4.76. The van der Waals surface area contributed by atoms with Crippen LogP contribution in [0, 0.1) is 0 Å². The Bertz CT molecular complexity index is 1490. The van der Waals surface area contributed by atoms with Gasteiger partial charge in [0, 0.05) is 45.8 Å². The van der Waals surface area contributed by atoms with Gasteiger partial charge in [0.2, 0.25) is 0 Å². The standard InChI is InChI=1S/C30H28BrN3O4/c1-38-24-11-12-26-25(18-24)21(19-32-26)17-27(33-28(35)20-5-3-2-4-6-20)29(36)34-15-13-30(37,14-16-34)22-7-9-23(31)10-8-22/h2-12,17-19,32,37H,13-16H2,1H3,(H,33,35)/b27-17+. The molecule has 0 spiro atoms. The Kier molecular flexibility index (Phi) is 7.35. The van der Waals surface area contributed by atoms with Gasteiger partial charge in [-0.3, -0.25) is 9.59 Å². The number of aromatic nitrogens is 1. The second-order valence-electron chi connectivity index (χ2n) is 9.36. The minimum atomic E-state index is -1.01. The number of nitrogens with zero attached hydrogens (tertiary/aromatic N) is 1. The molecule has 1 fully saturated rings. The highest BCUT2D eigenvalue weighted by molar-refractivity contribution is 9.10. The first-order valence-corrected chi connectivity index (χ1v) is 13.2. The number of hydrogen-bond acceptors (Lipinski definition) is 4. The molecule has 3 N–H and O–H groups in total. The molecule has 194 valence electrons. The lowest BCUT2D eigenvalue weighted by Crippen LogP contribution is -2.47. The van der Waals surface area contributed by atoms with Crippen LogP contribution in [-0.2, 0) is 10.4 Å². The van der Waals surface area contributed by atoms with E-state index < -0.39 is 5.60 Å². The van der Waals surface area contributed by atoms with Crippen molar-refractivity contribution in [3.05, 3.63) is 106 Å². The van der Waals surface area contributed by atoms with Crippen molar-refractivity contribution in [1.29, 1.82) is 0 Å². The maximum atomic E-state index is 13.8. The molecular weight excluding hydrogens is 546 g/mol. The van der Waals surface area contributed by atoms with Gasteiger partial charge < -0.3 is 25.0 Å². The van der Waals surface area contributed by atoms with Crippen LogP contribution in [0.2, 0.25) is 0 Å². The zero-order valence-corrected chi connectivity index (χ0v) is 22.5. The molecule has 4 aromatic rings. The summed E-state index contributed by atoms with van der Waals surface area (Å²) in [4.78, 5) is 31.7. The number of nitrogens with one attached hydrogen (secondary N) is 2. The lowest BCUT2D eigenvalue weighted by Gasteiger charge is -2.38. The molecule has 0 saturated carbocycles. The van der Waals surface area contributed by atoms with E-state index in [-0.39, 0.29) is 17.5 Å². The van der Waals surface area contributed by atoms with Crippen LogP contribution in [0.15, 0.2) is 89.2 Å². The first kappa shape index (κ1) is 25.8. The SMILES string of the molecule is COc1ccc2[nH]cc(/C=C(/NC(=O)c3ccccc3)C(=O)N3CCC(O)(c4ccc(Br)cc4)CC3)c2c1. The molecule has 7 nitrogen and oxygen atoms in total. The minimum absolute atomic E-state index is 0.164. The zero-order valence-electron chi connectivity index (χ0n) is 20.9. The molecule has 8 heteroatoms. The van der Waals surface area contributed by atoms with Crippen LogP contribution < -0.4 is 10.1 Å². The summed E-state index contributed by atoms with van der Waals surface area (Å²) in [5, 5.41) is 15.0. The zero-order chi connectivity index (χ0) is 26.7. The number of amides is 2. The number of rotatable bonds is 6. The van der Waals surface area contributed by atoms with Crippen molar-refractivity contribution in [2.24, 2.45) is 0 Å². The van der Waals surface area contributed by atoms with E-state index in [4.69, 9.17) is 4.74 Å². The fourth-order valence-corrected chi connectivity index (χ4v) is 5.02. The summed E-state index contributed by atoms with van der Waals surface area (Å²) in [5.41, 5.74) is 2.07. The Hall–Kier alpha value is -3.88. The molecule has 2 heterocycles. The number of benzene rings is 3. The number of carbonyl (C=O) groups excluding carboxylic acids is 2. The topological polar surface area (TPSA) is 94.7 Å². The summed E-state index contributed by atoms with van der Waals surface area (Å²) in [6.45, 7) is 0.706.